The summed E-state index contributed by atoms with van der Waals surface area (Å²) < 4.78 is 8.75. The molecular formula is C19H20IN6O2P. The van der Waals surface area contributed by atoms with Crippen molar-refractivity contribution < 1.29 is 9.53 Å². The fourth-order valence-corrected chi connectivity index (χ4v) is 4.77. The molecule has 1 atom stereocenters. The van der Waals surface area contributed by atoms with E-state index >= 15 is 0 Å². The van der Waals surface area contributed by atoms with E-state index in [0.717, 1.165) is 22.2 Å². The maximum absolute atomic E-state index is 12.4. The molecule has 1 unspecified atom stereocenters. The SMILES string of the molecule is CCOC(=O)C(C)(C)n1cc2c(N)nc3cc(-c4ccnn4PI)ccc3c2n1. The molecule has 2 N–H and O–H groups in total. The molecule has 0 radical (unpaired) electrons. The Balaban J connectivity index is 1.88. The third kappa shape index (κ3) is 3.36. The van der Waals surface area contributed by atoms with Crippen LogP contribution in [-0.2, 0) is 15.1 Å². The molecule has 29 heavy (non-hydrogen) atoms. The average molecular weight is 522 g/mol. The van der Waals surface area contributed by atoms with Crippen LogP contribution in [0.4, 0.5) is 5.82 Å². The van der Waals surface area contributed by atoms with Gasteiger partial charge in [-0.05, 0) is 61.0 Å². The van der Waals surface area contributed by atoms with Gasteiger partial charge in [-0.15, -0.1) is 0 Å². The van der Waals surface area contributed by atoms with E-state index in [1.54, 1.807) is 37.8 Å². The van der Waals surface area contributed by atoms with Crippen molar-refractivity contribution >= 4 is 62.0 Å². The Morgan fingerprint density at radius 3 is 2.83 bits per heavy atom. The first-order valence-electron chi connectivity index (χ1n) is 9.04. The lowest BCUT2D eigenvalue weighted by Crippen LogP contribution is -2.37. The fourth-order valence-electron chi connectivity index (χ4n) is 3.21. The van der Waals surface area contributed by atoms with Gasteiger partial charge in [0.25, 0.3) is 0 Å². The number of ether oxygens (including phenoxy) is 1. The standard InChI is InChI=1S/C19H20IN6O2P/c1-4-28-18(27)19(2,3)25-10-13-16(24-25)12-6-5-11(9-14(12)23-17(13)21)15-7-8-22-26(15)29-20/h5-10,29H,4H2,1-3H3,(H2,21,23). The Morgan fingerprint density at radius 1 is 1.31 bits per heavy atom. The molecule has 8 nitrogen and oxygen atoms in total. The van der Waals surface area contributed by atoms with E-state index in [9.17, 15) is 4.79 Å². The summed E-state index contributed by atoms with van der Waals surface area (Å²) in [6, 6.07) is 7.98. The zero-order valence-electron chi connectivity index (χ0n) is 16.2. The topological polar surface area (TPSA) is 101 Å². The Bertz CT molecular complexity index is 1230. The van der Waals surface area contributed by atoms with Crippen LogP contribution in [0.5, 0.6) is 0 Å². The van der Waals surface area contributed by atoms with Crippen LogP contribution < -0.4 is 5.73 Å². The molecule has 0 spiro atoms. The number of hydrogen-bond acceptors (Lipinski definition) is 6. The number of benzene rings is 1. The van der Waals surface area contributed by atoms with Crippen LogP contribution >= 0.6 is 28.4 Å². The Kier molecular flexibility index (Phi) is 5.20. The number of anilines is 1. The molecule has 0 aliphatic rings. The molecule has 0 fully saturated rings. The van der Waals surface area contributed by atoms with Crippen molar-refractivity contribution in [1.82, 2.24) is 24.3 Å². The molecule has 0 saturated heterocycles. The highest BCUT2D eigenvalue weighted by molar-refractivity contribution is 14.2. The lowest BCUT2D eigenvalue weighted by atomic mass is 10.1. The molecule has 3 aromatic heterocycles. The van der Waals surface area contributed by atoms with Gasteiger partial charge in [0.05, 0.1) is 29.6 Å². The maximum atomic E-state index is 12.4. The largest absolute Gasteiger partial charge is 0.464 e. The Morgan fingerprint density at radius 2 is 2.10 bits per heavy atom. The summed E-state index contributed by atoms with van der Waals surface area (Å²) in [5.74, 6) is 0.0265. The molecule has 3 heterocycles. The van der Waals surface area contributed by atoms with Crippen LogP contribution in [0, 0.1) is 0 Å². The quantitative estimate of drug-likeness (QED) is 0.241. The summed E-state index contributed by atoms with van der Waals surface area (Å²) in [6.07, 6.45) is 4.05. The molecular weight excluding hydrogens is 502 g/mol. The molecule has 10 heteroatoms. The number of halogens is 1. The second kappa shape index (κ2) is 7.53. The molecule has 0 saturated carbocycles. The fraction of sp³-hybridized carbons (Fsp3) is 0.263. The van der Waals surface area contributed by atoms with Crippen molar-refractivity contribution in [2.45, 2.75) is 26.3 Å². The van der Waals surface area contributed by atoms with E-state index in [1.807, 2.05) is 28.7 Å². The summed E-state index contributed by atoms with van der Waals surface area (Å²) in [4.78, 5) is 17.0. The summed E-state index contributed by atoms with van der Waals surface area (Å²) >= 11 is 2.30. The lowest BCUT2D eigenvalue weighted by Gasteiger charge is -2.22. The molecule has 0 aliphatic carbocycles. The van der Waals surface area contributed by atoms with Crippen LogP contribution in [0.3, 0.4) is 0 Å². The first-order valence-corrected chi connectivity index (χ1v) is 13.1. The second-order valence-corrected chi connectivity index (χ2v) is 9.10. The monoisotopic (exact) mass is 522 g/mol. The van der Waals surface area contributed by atoms with Crippen molar-refractivity contribution in [2.75, 3.05) is 12.3 Å². The van der Waals surface area contributed by atoms with Gasteiger partial charge in [-0.1, -0.05) is 6.07 Å². The number of nitrogen functional groups attached to an aromatic ring is 1. The highest BCUT2D eigenvalue weighted by Gasteiger charge is 2.33. The van der Waals surface area contributed by atoms with Crippen LogP contribution in [0.1, 0.15) is 20.8 Å². The highest BCUT2D eigenvalue weighted by Crippen LogP contribution is 2.34. The molecule has 0 aliphatic heterocycles. The number of fused-ring (bicyclic) bond motifs is 3. The number of carbonyl (C=O) groups excluding carboxylic acids is 1. The third-order valence-corrected chi connectivity index (χ3v) is 6.74. The molecule has 4 rings (SSSR count). The molecule has 1 aromatic carbocycles. The van der Waals surface area contributed by atoms with E-state index in [2.05, 4.69) is 37.2 Å². The second-order valence-electron chi connectivity index (χ2n) is 7.06. The van der Waals surface area contributed by atoms with E-state index in [4.69, 9.17) is 10.5 Å². The average Bonchev–Trinajstić information content (AvgIpc) is 3.35. The van der Waals surface area contributed by atoms with Crippen molar-refractivity contribution in [3.63, 3.8) is 0 Å². The summed E-state index contributed by atoms with van der Waals surface area (Å²) in [6.45, 7) is 5.64. The van der Waals surface area contributed by atoms with Gasteiger partial charge in [0, 0.05) is 23.3 Å². The number of aromatic nitrogens is 5. The van der Waals surface area contributed by atoms with Crippen LogP contribution in [0.2, 0.25) is 0 Å². The predicted octanol–water partition coefficient (Wildman–Crippen LogP) is 4.12. The van der Waals surface area contributed by atoms with Crippen molar-refractivity contribution in [2.24, 2.45) is 0 Å². The summed E-state index contributed by atoms with van der Waals surface area (Å²) in [5.41, 5.74) is 8.77. The first-order chi connectivity index (χ1) is 13.9. The minimum atomic E-state index is -0.957. The van der Waals surface area contributed by atoms with E-state index in [1.165, 1.54) is 0 Å². The molecule has 0 amide bonds. The Labute approximate surface area is 182 Å². The highest BCUT2D eigenvalue weighted by atomic mass is 127. The van der Waals surface area contributed by atoms with Crippen molar-refractivity contribution in [1.29, 1.82) is 0 Å². The van der Waals surface area contributed by atoms with Gasteiger partial charge in [0.2, 0.25) is 0 Å². The number of esters is 1. The van der Waals surface area contributed by atoms with Gasteiger partial charge in [-0.2, -0.15) is 10.2 Å². The van der Waals surface area contributed by atoms with Gasteiger partial charge in [-0.3, -0.25) is 4.68 Å². The third-order valence-electron chi connectivity index (χ3n) is 4.85. The van der Waals surface area contributed by atoms with Gasteiger partial charge >= 0.3 is 5.97 Å². The first kappa shape index (κ1) is 20.0. The van der Waals surface area contributed by atoms with Crippen LogP contribution in [0.25, 0.3) is 33.1 Å². The van der Waals surface area contributed by atoms with E-state index in [-0.39, 0.29) is 5.97 Å². The van der Waals surface area contributed by atoms with Crippen LogP contribution in [-0.4, -0.2) is 36.9 Å². The van der Waals surface area contributed by atoms with Gasteiger partial charge in [-0.25, -0.2) is 14.2 Å². The zero-order chi connectivity index (χ0) is 20.8. The summed E-state index contributed by atoms with van der Waals surface area (Å²) in [5, 5.41) is 10.6. The summed E-state index contributed by atoms with van der Waals surface area (Å²) in [7, 11) is 0. The molecule has 4 aromatic rings. The van der Waals surface area contributed by atoms with E-state index in [0.29, 0.717) is 29.7 Å². The number of pyridine rings is 1. The minimum absolute atomic E-state index is 0.312. The molecule has 150 valence electrons. The van der Waals surface area contributed by atoms with Gasteiger partial charge in [0.1, 0.15) is 11.3 Å². The number of hydrogen-bond donors (Lipinski definition) is 1. The smallest absolute Gasteiger partial charge is 0.333 e. The normalized spacial score (nSPS) is 12.4. The van der Waals surface area contributed by atoms with Crippen molar-refractivity contribution in [3.05, 3.63) is 36.7 Å². The number of nitrogens with two attached hydrogens (primary N) is 1. The predicted molar refractivity (Wildman–Crippen MR) is 124 cm³/mol. The minimum Gasteiger partial charge on any atom is -0.464 e. The molecule has 0 bridgehead atoms. The lowest BCUT2D eigenvalue weighted by molar-refractivity contribution is -0.152. The zero-order valence-corrected chi connectivity index (χ0v) is 19.3. The number of carbonyl (C=O) groups is 1. The van der Waals surface area contributed by atoms with Gasteiger partial charge in [0.15, 0.2) is 5.54 Å². The van der Waals surface area contributed by atoms with Gasteiger partial charge < -0.3 is 10.5 Å². The number of nitrogens with zero attached hydrogens (tertiary/aromatic N) is 5. The van der Waals surface area contributed by atoms with E-state index < -0.39 is 5.54 Å². The maximum Gasteiger partial charge on any atom is 0.333 e. The van der Waals surface area contributed by atoms with Crippen LogP contribution in [0.15, 0.2) is 36.7 Å². The Hall–Kier alpha value is -2.26. The van der Waals surface area contributed by atoms with Crippen molar-refractivity contribution in [3.8, 4) is 11.3 Å². The number of rotatable bonds is 5.